The Kier molecular flexibility index (Phi) is 53.3. The molecule has 137 heavy (non-hydrogen) atoms. The molecule has 19 atom stereocenters. The zero-order valence-corrected chi connectivity index (χ0v) is 79.0. The van der Waals surface area contributed by atoms with Crippen molar-refractivity contribution < 1.29 is 141 Å². The predicted molar refractivity (Wildman–Crippen MR) is 485 cm³/mol. The first kappa shape index (κ1) is 119. The van der Waals surface area contributed by atoms with Gasteiger partial charge in [0.1, 0.15) is 109 Å². The highest BCUT2D eigenvalue weighted by Crippen LogP contribution is 2.24. The standard InChI is InChI=1S/C85H145N23O29/c1-43(2)65(104-79(130)60-25-18-38-107(60)83(134)57(41-110)101-74(125)49(20-9-13-33-86)94-67(118)45(5)90)81(132)100-52(23-12-16-36-89)73(124)99-55(29-32-64(116)117)77(128)98-54(28-31-63(114)115)72(123)92-47(7)69(120)96-50(21-10-14-34-87)75(126)102-56(40-109)82(133)106-37-17-24-59(106)78(129)93-48(8)70(121)97-53(27-30-62(112)113)71(122)91-46(6)68(119)95-51(22-11-15-35-88)76(127)103-58(42-111)84(135)108-39-19-26-61(108)80(131)105-66(44(3)4)85(136)137/h43-61,65-66,109-111H,9-42,86-90H2,1-8H3,(H,91,122)(H,92,123)(H,93,129)(H,94,118)(H,95,119)(H,96,120)(H,97,121)(H,98,128)(H,99,124)(H,100,132)(H,101,125)(H,102,126)(H,103,127)(H,104,130)(H,105,131)(H,112,113)(H,114,115)(H,116,117)(H,136,137)/t45-,46-,47-,48-,49-,50-,51-,52-,53-,54-,55-,56-,57-,58-,59-,60-,61-,65-,66-/m0/s1. The van der Waals surface area contributed by atoms with E-state index in [1.54, 1.807) is 27.7 Å². The zero-order chi connectivity index (χ0) is 103. The molecule has 52 heteroatoms. The van der Waals surface area contributed by atoms with Crippen LogP contribution in [0.3, 0.4) is 0 Å². The summed E-state index contributed by atoms with van der Waals surface area (Å²) in [6.45, 7) is 8.60. The maximum atomic E-state index is 14.4. The van der Waals surface area contributed by atoms with Gasteiger partial charge in [0.2, 0.25) is 106 Å². The first-order valence-corrected chi connectivity index (χ1v) is 46.4. The van der Waals surface area contributed by atoms with Crippen molar-refractivity contribution in [3.63, 3.8) is 0 Å². The molecule has 52 nitrogen and oxygen atoms in total. The summed E-state index contributed by atoms with van der Waals surface area (Å²) in [5.41, 5.74) is 28.6. The van der Waals surface area contributed by atoms with Crippen molar-refractivity contribution in [2.24, 2.45) is 40.5 Å². The lowest BCUT2D eigenvalue weighted by Crippen LogP contribution is -2.61. The largest absolute Gasteiger partial charge is 0.481 e. The Labute approximate surface area is 793 Å². The third kappa shape index (κ3) is 39.9. The molecule has 3 fully saturated rings. The van der Waals surface area contributed by atoms with Gasteiger partial charge in [0.15, 0.2) is 0 Å². The third-order valence-corrected chi connectivity index (χ3v) is 23.2. The Morgan fingerprint density at radius 1 is 0.277 bits per heavy atom. The number of carbonyl (C=O) groups excluding carboxylic acids is 18. The fraction of sp³-hybridized carbons (Fsp3) is 0.741. The second kappa shape index (κ2) is 61.3. The Bertz CT molecular complexity index is 4130. The van der Waals surface area contributed by atoms with Crippen LogP contribution in [0.25, 0.3) is 0 Å². The van der Waals surface area contributed by atoms with Gasteiger partial charge in [-0.1, -0.05) is 27.7 Å². The highest BCUT2D eigenvalue weighted by molar-refractivity contribution is 6.02. The Morgan fingerprint density at radius 2 is 0.504 bits per heavy atom. The molecule has 3 heterocycles. The van der Waals surface area contributed by atoms with E-state index < -0.39 is 315 Å². The second-order valence-electron chi connectivity index (χ2n) is 34.9. The second-order valence-corrected chi connectivity index (χ2v) is 34.9. The monoisotopic (exact) mass is 1950 g/mol. The van der Waals surface area contributed by atoms with Crippen molar-refractivity contribution in [1.82, 2.24) is 94.5 Å². The van der Waals surface area contributed by atoms with Crippen molar-refractivity contribution >= 4 is 130 Å². The quantitative estimate of drug-likeness (QED) is 0.0251. The van der Waals surface area contributed by atoms with Gasteiger partial charge in [-0.25, -0.2) is 4.79 Å². The molecule has 3 saturated heterocycles. The molecular formula is C85H145N23O29. The van der Waals surface area contributed by atoms with E-state index in [2.05, 4.69) is 79.8 Å². The van der Waals surface area contributed by atoms with Crippen LogP contribution in [0.15, 0.2) is 0 Å². The van der Waals surface area contributed by atoms with E-state index in [1.165, 1.54) is 20.8 Å². The number of aliphatic carboxylic acids is 4. The maximum absolute atomic E-state index is 14.4. The Morgan fingerprint density at radius 3 is 0.752 bits per heavy atom. The van der Waals surface area contributed by atoms with Crippen molar-refractivity contribution in [3.05, 3.63) is 0 Å². The fourth-order valence-electron chi connectivity index (χ4n) is 15.2. The summed E-state index contributed by atoms with van der Waals surface area (Å²) in [5, 5.41) is 107. The van der Waals surface area contributed by atoms with E-state index in [0.717, 1.165) is 21.6 Å². The van der Waals surface area contributed by atoms with E-state index in [1.807, 2.05) is 0 Å². The molecule has 3 aliphatic rings. The number of aliphatic hydroxyl groups excluding tert-OH is 3. The minimum atomic E-state index is -1.87. The normalized spacial score (nSPS) is 18.1. The Balaban J connectivity index is 1.78. The molecule has 32 N–H and O–H groups in total. The minimum Gasteiger partial charge on any atom is -0.481 e. The van der Waals surface area contributed by atoms with Crippen LogP contribution in [0.2, 0.25) is 0 Å². The number of nitrogens with zero attached hydrogens (tertiary/aromatic N) is 3. The first-order valence-electron chi connectivity index (χ1n) is 46.4. The summed E-state index contributed by atoms with van der Waals surface area (Å²) in [6, 6.07) is -28.5. The van der Waals surface area contributed by atoms with Crippen molar-refractivity contribution in [2.45, 2.75) is 324 Å². The molecule has 774 valence electrons. The summed E-state index contributed by atoms with van der Waals surface area (Å²) in [7, 11) is 0. The number of nitrogens with one attached hydrogen (secondary N) is 15. The number of likely N-dealkylation sites (tertiary alicyclic amines) is 3. The van der Waals surface area contributed by atoms with Gasteiger partial charge in [0.05, 0.1) is 25.9 Å². The van der Waals surface area contributed by atoms with Gasteiger partial charge in [-0.05, 0) is 201 Å². The molecule has 3 rings (SSSR count). The van der Waals surface area contributed by atoms with Crippen molar-refractivity contribution in [2.75, 3.05) is 65.6 Å². The fourth-order valence-corrected chi connectivity index (χ4v) is 15.2. The highest BCUT2D eigenvalue weighted by atomic mass is 16.4. The number of rotatable bonds is 64. The number of amides is 18. The number of carboxylic acids is 4. The summed E-state index contributed by atoms with van der Waals surface area (Å²) in [6.07, 6.45) is -1.44. The number of carbonyl (C=O) groups is 22. The van der Waals surface area contributed by atoms with Crippen LogP contribution >= 0.6 is 0 Å². The van der Waals surface area contributed by atoms with E-state index in [0.29, 0.717) is 25.7 Å². The van der Waals surface area contributed by atoms with Crippen molar-refractivity contribution in [1.29, 1.82) is 0 Å². The molecule has 0 spiro atoms. The van der Waals surface area contributed by atoms with Crippen LogP contribution in [-0.4, -0.2) is 361 Å². The van der Waals surface area contributed by atoms with E-state index >= 15 is 0 Å². The minimum absolute atomic E-state index is 0.0122. The van der Waals surface area contributed by atoms with Crippen molar-refractivity contribution in [3.8, 4) is 0 Å². The number of hydrogen-bond donors (Lipinski definition) is 27. The molecule has 0 aromatic heterocycles. The van der Waals surface area contributed by atoms with Crippen LogP contribution in [0.1, 0.15) is 209 Å². The van der Waals surface area contributed by atoms with Gasteiger partial charge in [-0.3, -0.25) is 101 Å². The molecule has 3 aliphatic heterocycles. The number of aliphatic hydroxyl groups is 3. The first-order chi connectivity index (χ1) is 64.7. The van der Waals surface area contributed by atoms with E-state index in [-0.39, 0.29) is 136 Å². The number of carboxylic acid groups (broad SMARTS) is 4. The molecule has 0 radical (unpaired) electrons. The summed E-state index contributed by atoms with van der Waals surface area (Å²) in [4.78, 5) is 302. The lowest BCUT2D eigenvalue weighted by Gasteiger charge is -2.31. The number of hydrogen-bond acceptors (Lipinski definition) is 30. The van der Waals surface area contributed by atoms with Crippen LogP contribution < -0.4 is 108 Å². The number of nitrogens with two attached hydrogens (primary N) is 5. The molecular weight excluding hydrogens is 1810 g/mol. The molecule has 0 unspecified atom stereocenters. The summed E-state index contributed by atoms with van der Waals surface area (Å²) in [5.74, 6) is -24.6. The van der Waals surface area contributed by atoms with E-state index in [4.69, 9.17) is 28.7 Å². The lowest BCUT2D eigenvalue weighted by atomic mass is 10.0. The third-order valence-electron chi connectivity index (χ3n) is 23.2. The van der Waals surface area contributed by atoms with E-state index in [9.17, 15) is 141 Å². The van der Waals surface area contributed by atoms with Gasteiger partial charge < -0.3 is 159 Å². The van der Waals surface area contributed by atoms with Crippen LogP contribution in [0.4, 0.5) is 0 Å². The van der Waals surface area contributed by atoms with Crippen LogP contribution in [-0.2, 0) is 105 Å². The molecule has 0 saturated carbocycles. The average Bonchev–Trinajstić information content (AvgIpc) is 1.76. The Hall–Kier alpha value is -12.0. The number of unbranched alkanes of at least 4 members (excludes halogenated alkanes) is 4. The average molecular weight is 1950 g/mol. The van der Waals surface area contributed by atoms with Gasteiger partial charge in [0, 0.05) is 38.9 Å². The molecule has 0 aromatic carbocycles. The summed E-state index contributed by atoms with van der Waals surface area (Å²) < 4.78 is 0. The topological polar surface area (TPSA) is 837 Å². The van der Waals surface area contributed by atoms with Crippen LogP contribution in [0, 0.1) is 11.8 Å². The van der Waals surface area contributed by atoms with Crippen LogP contribution in [0.5, 0.6) is 0 Å². The predicted octanol–water partition coefficient (Wildman–Crippen LogP) is -9.88. The zero-order valence-electron chi connectivity index (χ0n) is 79.0. The summed E-state index contributed by atoms with van der Waals surface area (Å²) >= 11 is 0. The molecule has 18 amide bonds. The lowest BCUT2D eigenvalue weighted by molar-refractivity contribution is -0.146. The molecule has 0 bridgehead atoms. The van der Waals surface area contributed by atoms with Gasteiger partial charge in [0.25, 0.3) is 0 Å². The van der Waals surface area contributed by atoms with Gasteiger partial charge >= 0.3 is 23.9 Å². The maximum Gasteiger partial charge on any atom is 0.326 e. The highest BCUT2D eigenvalue weighted by Gasteiger charge is 2.46. The smallest absolute Gasteiger partial charge is 0.326 e. The van der Waals surface area contributed by atoms with Gasteiger partial charge in [-0.15, -0.1) is 0 Å². The molecule has 0 aromatic rings. The molecule has 0 aliphatic carbocycles. The SMILES string of the molecule is CC(C)[C@H](NC(=O)[C@@H]1CCCN1C(=O)[C@H](CO)NC(=O)[C@H](CCCCN)NC(=O)[C@H](C)NC(=O)[C@H](CCC(=O)O)NC(=O)[C@H](C)NC(=O)[C@@H]1CCCN1C(=O)[C@H](CO)NC(=O)[C@H](CCCCN)NC(=O)[C@H](C)NC(=O)[C@H](CCC(=O)O)NC(=O)[C@H](CCC(=O)O)NC(=O)[C@H](CCCCN)NC(=O)[C@@H](NC(=O)[C@@H]1CCCN1C(=O)[C@H](CO)NC(=O)[C@H](CCCCN)NC(=O)[C@H](C)N)C(C)C)C(=O)O. The van der Waals surface area contributed by atoms with Gasteiger partial charge in [-0.2, -0.15) is 0 Å².